The number of nitrogens with one attached hydrogen (secondary N) is 2. The van der Waals surface area contributed by atoms with Gasteiger partial charge in [0.1, 0.15) is 5.75 Å². The van der Waals surface area contributed by atoms with Gasteiger partial charge in [0.05, 0.1) is 21.2 Å². The van der Waals surface area contributed by atoms with E-state index < -0.39 is 10.0 Å². The maximum atomic E-state index is 12.7. The lowest BCUT2D eigenvalue weighted by molar-refractivity contribution is 0.102. The average molecular weight is 517 g/mol. The highest BCUT2D eigenvalue weighted by atomic mass is 79.9. The molecule has 32 heavy (non-hydrogen) atoms. The molecule has 3 aromatic rings. The third-order valence-electron chi connectivity index (χ3n) is 4.61. The van der Waals surface area contributed by atoms with E-state index in [0.29, 0.717) is 27.2 Å². The van der Waals surface area contributed by atoms with Crippen molar-refractivity contribution in [3.05, 3.63) is 81.8 Å². The molecule has 0 saturated carbocycles. The molecule has 0 saturated heterocycles. The summed E-state index contributed by atoms with van der Waals surface area (Å²) in [5, 5.41) is 2.77. The molecular formula is C24H25BrN2O4S. The number of anilines is 2. The van der Waals surface area contributed by atoms with Crippen molar-refractivity contribution >= 4 is 43.2 Å². The lowest BCUT2D eigenvalue weighted by Crippen LogP contribution is -2.15. The summed E-state index contributed by atoms with van der Waals surface area (Å²) in [4.78, 5) is 12.7. The van der Waals surface area contributed by atoms with Gasteiger partial charge in [-0.3, -0.25) is 9.52 Å². The molecule has 0 radical (unpaired) electrons. The van der Waals surface area contributed by atoms with E-state index in [4.69, 9.17) is 4.74 Å². The quantitative estimate of drug-likeness (QED) is 0.408. The number of carbonyl (C=O) groups is 1. The zero-order chi connectivity index (χ0) is 23.5. The van der Waals surface area contributed by atoms with Crippen LogP contribution in [-0.2, 0) is 10.0 Å². The summed E-state index contributed by atoms with van der Waals surface area (Å²) in [6.45, 7) is 7.65. The molecule has 0 bridgehead atoms. The van der Waals surface area contributed by atoms with Crippen LogP contribution in [0.25, 0.3) is 0 Å². The van der Waals surface area contributed by atoms with Crippen LogP contribution in [0.5, 0.6) is 5.75 Å². The molecule has 3 rings (SSSR count). The van der Waals surface area contributed by atoms with Crippen LogP contribution >= 0.6 is 15.9 Å². The number of aryl methyl sites for hydroxylation is 2. The zero-order valence-corrected chi connectivity index (χ0v) is 20.7. The highest BCUT2D eigenvalue weighted by Gasteiger charge is 2.16. The number of hydrogen-bond acceptors (Lipinski definition) is 4. The second-order valence-corrected chi connectivity index (χ2v) is 10.3. The van der Waals surface area contributed by atoms with Gasteiger partial charge in [-0.1, -0.05) is 17.7 Å². The van der Waals surface area contributed by atoms with Crippen molar-refractivity contribution in [2.75, 3.05) is 10.0 Å². The molecule has 0 atom stereocenters. The number of rotatable bonds is 7. The number of carbonyl (C=O) groups excluding carboxylic acids is 1. The van der Waals surface area contributed by atoms with Crippen LogP contribution < -0.4 is 14.8 Å². The van der Waals surface area contributed by atoms with Gasteiger partial charge < -0.3 is 10.1 Å². The van der Waals surface area contributed by atoms with Crippen LogP contribution in [0.15, 0.2) is 70.0 Å². The fourth-order valence-corrected chi connectivity index (χ4v) is 4.65. The van der Waals surface area contributed by atoms with Crippen molar-refractivity contribution < 1.29 is 17.9 Å². The summed E-state index contributed by atoms with van der Waals surface area (Å²) < 4.78 is 34.4. The summed E-state index contributed by atoms with van der Waals surface area (Å²) in [5.74, 6) is 0.341. The van der Waals surface area contributed by atoms with E-state index in [2.05, 4.69) is 26.0 Å². The topological polar surface area (TPSA) is 84.5 Å². The van der Waals surface area contributed by atoms with Gasteiger partial charge in [0.25, 0.3) is 15.9 Å². The van der Waals surface area contributed by atoms with Crippen LogP contribution in [-0.4, -0.2) is 20.4 Å². The molecule has 0 aliphatic heterocycles. The van der Waals surface area contributed by atoms with Crippen LogP contribution in [0, 0.1) is 13.8 Å². The first kappa shape index (κ1) is 23.8. The fraction of sp³-hybridized carbons (Fsp3) is 0.208. The number of sulfonamides is 1. The molecule has 0 aromatic heterocycles. The van der Waals surface area contributed by atoms with Gasteiger partial charge in [-0.05, 0) is 97.7 Å². The van der Waals surface area contributed by atoms with E-state index in [0.717, 1.165) is 11.1 Å². The summed E-state index contributed by atoms with van der Waals surface area (Å²) in [7, 11) is -3.75. The maximum Gasteiger partial charge on any atom is 0.261 e. The van der Waals surface area contributed by atoms with Gasteiger partial charge >= 0.3 is 0 Å². The summed E-state index contributed by atoms with van der Waals surface area (Å²) in [6.07, 6.45) is 0.0187. The van der Waals surface area contributed by atoms with E-state index >= 15 is 0 Å². The number of amides is 1. The van der Waals surface area contributed by atoms with E-state index in [-0.39, 0.29) is 16.9 Å². The smallest absolute Gasteiger partial charge is 0.261 e. The predicted octanol–water partition coefficient (Wildman–Crippen LogP) is 5.91. The summed E-state index contributed by atoms with van der Waals surface area (Å²) in [6, 6.07) is 16.6. The number of hydrogen-bond donors (Lipinski definition) is 2. The minimum atomic E-state index is -3.75. The summed E-state index contributed by atoms with van der Waals surface area (Å²) in [5.41, 5.74) is 3.36. The monoisotopic (exact) mass is 516 g/mol. The van der Waals surface area contributed by atoms with E-state index in [1.54, 1.807) is 36.4 Å². The third kappa shape index (κ3) is 5.89. The van der Waals surface area contributed by atoms with Crippen molar-refractivity contribution in [2.24, 2.45) is 0 Å². The first-order valence-electron chi connectivity index (χ1n) is 10.0. The predicted molar refractivity (Wildman–Crippen MR) is 131 cm³/mol. The minimum Gasteiger partial charge on any atom is -0.490 e. The minimum absolute atomic E-state index is 0.0187. The van der Waals surface area contributed by atoms with E-state index in [9.17, 15) is 13.2 Å². The maximum absolute atomic E-state index is 12.7. The molecule has 0 spiro atoms. The van der Waals surface area contributed by atoms with Crippen molar-refractivity contribution in [1.29, 1.82) is 0 Å². The first-order chi connectivity index (χ1) is 15.0. The molecule has 6 nitrogen and oxygen atoms in total. The first-order valence-corrected chi connectivity index (χ1v) is 12.3. The standard InChI is InChI=1S/C24H25BrN2O4S/c1-15(2)31-23-12-6-18(14-21(23)25)24(28)26-19-7-9-20(10-8-19)32(29,30)27-22-11-5-16(3)13-17(22)4/h5-15,27H,1-4H3,(H,26,28). The molecule has 0 aliphatic carbocycles. The largest absolute Gasteiger partial charge is 0.490 e. The molecule has 0 heterocycles. The van der Waals surface area contributed by atoms with Crippen LogP contribution in [0.3, 0.4) is 0 Å². The SMILES string of the molecule is Cc1ccc(NS(=O)(=O)c2ccc(NC(=O)c3ccc(OC(C)C)c(Br)c3)cc2)c(C)c1. The highest BCUT2D eigenvalue weighted by molar-refractivity contribution is 9.10. The van der Waals surface area contributed by atoms with Crippen LogP contribution in [0.2, 0.25) is 0 Å². The number of benzene rings is 3. The van der Waals surface area contributed by atoms with Crippen molar-refractivity contribution in [2.45, 2.75) is 38.7 Å². The van der Waals surface area contributed by atoms with Crippen molar-refractivity contribution in [1.82, 2.24) is 0 Å². The Bertz CT molecular complexity index is 1240. The van der Waals surface area contributed by atoms with Gasteiger partial charge in [-0.2, -0.15) is 0 Å². The molecule has 0 fully saturated rings. The Morgan fingerprint density at radius 1 is 0.969 bits per heavy atom. The fourth-order valence-electron chi connectivity index (χ4n) is 3.04. The Labute approximate surface area is 197 Å². The summed E-state index contributed by atoms with van der Waals surface area (Å²) >= 11 is 3.42. The normalized spacial score (nSPS) is 11.3. The Kier molecular flexibility index (Phi) is 7.26. The molecule has 8 heteroatoms. The Morgan fingerprint density at radius 2 is 1.66 bits per heavy atom. The average Bonchev–Trinajstić information content (AvgIpc) is 2.71. The lowest BCUT2D eigenvalue weighted by atomic mass is 10.1. The van der Waals surface area contributed by atoms with Crippen LogP contribution in [0.4, 0.5) is 11.4 Å². The van der Waals surface area contributed by atoms with Crippen molar-refractivity contribution in [3.8, 4) is 5.75 Å². The lowest BCUT2D eigenvalue weighted by Gasteiger charge is -2.13. The van der Waals surface area contributed by atoms with Gasteiger partial charge in [0, 0.05) is 11.3 Å². The molecule has 168 valence electrons. The van der Waals surface area contributed by atoms with Gasteiger partial charge in [-0.15, -0.1) is 0 Å². The molecule has 3 aromatic carbocycles. The van der Waals surface area contributed by atoms with Gasteiger partial charge in [-0.25, -0.2) is 8.42 Å². The highest BCUT2D eigenvalue weighted by Crippen LogP contribution is 2.27. The number of halogens is 1. The second-order valence-electron chi connectivity index (χ2n) is 7.71. The molecular weight excluding hydrogens is 492 g/mol. The molecule has 0 aliphatic rings. The molecule has 0 unspecified atom stereocenters. The second kappa shape index (κ2) is 9.75. The van der Waals surface area contributed by atoms with Crippen LogP contribution in [0.1, 0.15) is 35.3 Å². The molecule has 1 amide bonds. The Balaban J connectivity index is 1.71. The third-order valence-corrected chi connectivity index (χ3v) is 6.61. The van der Waals surface area contributed by atoms with E-state index in [1.165, 1.54) is 12.1 Å². The van der Waals surface area contributed by atoms with Gasteiger partial charge in [0.2, 0.25) is 0 Å². The Hall–Kier alpha value is -2.84. The van der Waals surface area contributed by atoms with Crippen molar-refractivity contribution in [3.63, 3.8) is 0 Å². The number of ether oxygens (including phenoxy) is 1. The zero-order valence-electron chi connectivity index (χ0n) is 18.3. The Morgan fingerprint density at radius 3 is 2.25 bits per heavy atom. The van der Waals surface area contributed by atoms with Gasteiger partial charge in [0.15, 0.2) is 0 Å². The molecule has 2 N–H and O–H groups in total. The van der Waals surface area contributed by atoms with E-state index in [1.807, 2.05) is 39.8 Å².